The molecule has 1 saturated heterocycles. The second-order valence-electron chi connectivity index (χ2n) is 5.91. The van der Waals surface area contributed by atoms with Gasteiger partial charge in [-0.25, -0.2) is 0 Å². The first-order valence-electron chi connectivity index (χ1n) is 7.09. The van der Waals surface area contributed by atoms with Crippen molar-refractivity contribution in [1.29, 1.82) is 0 Å². The number of rotatable bonds is 2. The SMILES string of the molecule is CC1CCCN(C(=O)[C@@H]2CC[C@H](C(=O)O)C2)CC1. The van der Waals surface area contributed by atoms with Gasteiger partial charge in [-0.3, -0.25) is 9.59 Å². The van der Waals surface area contributed by atoms with Crippen molar-refractivity contribution in [2.24, 2.45) is 17.8 Å². The summed E-state index contributed by atoms with van der Waals surface area (Å²) in [6.07, 6.45) is 5.33. The van der Waals surface area contributed by atoms with Crippen LogP contribution in [0.4, 0.5) is 0 Å². The molecule has 0 spiro atoms. The standard InChI is InChI=1S/C14H23NO3/c1-10-3-2-7-15(8-6-10)13(16)11-4-5-12(9-11)14(17)18/h10-12H,2-9H2,1H3,(H,17,18)/t10?,11-,12+/m1/s1. The third kappa shape index (κ3) is 3.03. The van der Waals surface area contributed by atoms with Crippen molar-refractivity contribution < 1.29 is 14.7 Å². The Balaban J connectivity index is 1.89. The quantitative estimate of drug-likeness (QED) is 0.820. The summed E-state index contributed by atoms with van der Waals surface area (Å²) in [5.74, 6) is -0.176. The topological polar surface area (TPSA) is 57.6 Å². The Labute approximate surface area is 108 Å². The molecule has 1 saturated carbocycles. The Bertz CT molecular complexity index is 329. The summed E-state index contributed by atoms with van der Waals surface area (Å²) in [7, 11) is 0. The van der Waals surface area contributed by atoms with Crippen LogP contribution in [0.5, 0.6) is 0 Å². The lowest BCUT2D eigenvalue weighted by molar-refractivity contribution is -0.141. The van der Waals surface area contributed by atoms with Gasteiger partial charge in [-0.15, -0.1) is 0 Å². The Morgan fingerprint density at radius 2 is 1.78 bits per heavy atom. The van der Waals surface area contributed by atoms with Crippen LogP contribution in [0.2, 0.25) is 0 Å². The van der Waals surface area contributed by atoms with E-state index in [2.05, 4.69) is 6.92 Å². The van der Waals surface area contributed by atoms with Crippen molar-refractivity contribution in [2.45, 2.75) is 45.4 Å². The predicted molar refractivity (Wildman–Crippen MR) is 68.1 cm³/mol. The first-order chi connectivity index (χ1) is 8.58. The number of hydrogen-bond donors (Lipinski definition) is 1. The van der Waals surface area contributed by atoms with Gasteiger partial charge >= 0.3 is 5.97 Å². The normalized spacial score (nSPS) is 33.2. The lowest BCUT2D eigenvalue weighted by atomic mass is 10.0. The van der Waals surface area contributed by atoms with E-state index in [1.54, 1.807) is 0 Å². The molecular weight excluding hydrogens is 230 g/mol. The second-order valence-corrected chi connectivity index (χ2v) is 5.91. The van der Waals surface area contributed by atoms with Crippen LogP contribution in [-0.2, 0) is 9.59 Å². The van der Waals surface area contributed by atoms with Gasteiger partial charge in [-0.1, -0.05) is 6.92 Å². The molecule has 1 heterocycles. The fourth-order valence-electron chi connectivity index (χ4n) is 3.17. The molecule has 1 unspecified atom stereocenters. The number of carboxylic acid groups (broad SMARTS) is 1. The summed E-state index contributed by atoms with van der Waals surface area (Å²) in [4.78, 5) is 25.3. The van der Waals surface area contributed by atoms with Gasteiger partial charge in [0.15, 0.2) is 0 Å². The smallest absolute Gasteiger partial charge is 0.306 e. The summed E-state index contributed by atoms with van der Waals surface area (Å²) in [5, 5.41) is 8.98. The summed E-state index contributed by atoms with van der Waals surface area (Å²) >= 11 is 0. The van der Waals surface area contributed by atoms with E-state index >= 15 is 0 Å². The fraction of sp³-hybridized carbons (Fsp3) is 0.857. The number of aliphatic carboxylic acids is 1. The third-order valence-electron chi connectivity index (χ3n) is 4.46. The molecule has 2 aliphatic rings. The van der Waals surface area contributed by atoms with Crippen LogP contribution >= 0.6 is 0 Å². The molecule has 2 rings (SSSR count). The van der Waals surface area contributed by atoms with Gasteiger partial charge in [0.05, 0.1) is 5.92 Å². The lowest BCUT2D eigenvalue weighted by Gasteiger charge is -2.24. The number of amides is 1. The Morgan fingerprint density at radius 1 is 1.06 bits per heavy atom. The first-order valence-corrected chi connectivity index (χ1v) is 7.09. The van der Waals surface area contributed by atoms with Crippen molar-refractivity contribution >= 4 is 11.9 Å². The largest absolute Gasteiger partial charge is 0.481 e. The summed E-state index contributed by atoms with van der Waals surface area (Å²) in [5.41, 5.74) is 0. The lowest BCUT2D eigenvalue weighted by Crippen LogP contribution is -2.36. The molecule has 102 valence electrons. The zero-order chi connectivity index (χ0) is 13.1. The van der Waals surface area contributed by atoms with E-state index in [1.807, 2.05) is 4.90 Å². The van der Waals surface area contributed by atoms with Gasteiger partial charge < -0.3 is 10.0 Å². The molecule has 1 N–H and O–H groups in total. The van der Waals surface area contributed by atoms with Crippen LogP contribution in [0.25, 0.3) is 0 Å². The zero-order valence-corrected chi connectivity index (χ0v) is 11.1. The third-order valence-corrected chi connectivity index (χ3v) is 4.46. The summed E-state index contributed by atoms with van der Waals surface area (Å²) in [6, 6.07) is 0. The minimum atomic E-state index is -0.741. The van der Waals surface area contributed by atoms with E-state index in [0.717, 1.165) is 32.4 Å². The molecule has 0 aromatic rings. The molecule has 18 heavy (non-hydrogen) atoms. The van der Waals surface area contributed by atoms with Crippen molar-refractivity contribution in [3.63, 3.8) is 0 Å². The molecule has 1 amide bonds. The molecule has 0 aromatic carbocycles. The number of likely N-dealkylation sites (tertiary alicyclic amines) is 1. The molecule has 0 bridgehead atoms. The molecule has 1 aliphatic heterocycles. The van der Waals surface area contributed by atoms with Gasteiger partial charge in [0.1, 0.15) is 0 Å². The van der Waals surface area contributed by atoms with E-state index in [4.69, 9.17) is 5.11 Å². The van der Waals surface area contributed by atoms with Gasteiger partial charge in [0, 0.05) is 19.0 Å². The predicted octanol–water partition coefficient (Wildman–Crippen LogP) is 2.14. The van der Waals surface area contributed by atoms with Crippen LogP contribution in [-0.4, -0.2) is 35.0 Å². The van der Waals surface area contributed by atoms with E-state index in [0.29, 0.717) is 18.8 Å². The average Bonchev–Trinajstić information content (AvgIpc) is 2.73. The van der Waals surface area contributed by atoms with Gasteiger partial charge in [-0.05, 0) is 44.4 Å². The van der Waals surface area contributed by atoms with Crippen LogP contribution < -0.4 is 0 Å². The molecule has 3 atom stereocenters. The van der Waals surface area contributed by atoms with Gasteiger partial charge in [0.2, 0.25) is 5.91 Å². The Kier molecular flexibility index (Phi) is 4.25. The van der Waals surface area contributed by atoms with Crippen molar-refractivity contribution in [2.75, 3.05) is 13.1 Å². The zero-order valence-electron chi connectivity index (χ0n) is 11.1. The maximum absolute atomic E-state index is 12.4. The monoisotopic (exact) mass is 253 g/mol. The van der Waals surface area contributed by atoms with Crippen LogP contribution in [0.3, 0.4) is 0 Å². The maximum atomic E-state index is 12.4. The molecular formula is C14H23NO3. The van der Waals surface area contributed by atoms with Crippen molar-refractivity contribution in [1.82, 2.24) is 4.90 Å². The van der Waals surface area contributed by atoms with E-state index < -0.39 is 5.97 Å². The van der Waals surface area contributed by atoms with Crippen LogP contribution in [0, 0.1) is 17.8 Å². The summed E-state index contributed by atoms with van der Waals surface area (Å²) < 4.78 is 0. The van der Waals surface area contributed by atoms with Gasteiger partial charge in [0.25, 0.3) is 0 Å². The highest BCUT2D eigenvalue weighted by Crippen LogP contribution is 2.33. The van der Waals surface area contributed by atoms with Crippen molar-refractivity contribution in [3.05, 3.63) is 0 Å². The molecule has 2 fully saturated rings. The van der Waals surface area contributed by atoms with Gasteiger partial charge in [-0.2, -0.15) is 0 Å². The minimum absolute atomic E-state index is 0.0421. The minimum Gasteiger partial charge on any atom is -0.481 e. The molecule has 1 aliphatic carbocycles. The molecule has 4 heteroatoms. The number of carboxylic acids is 1. The molecule has 0 radical (unpaired) electrons. The Morgan fingerprint density at radius 3 is 2.44 bits per heavy atom. The van der Waals surface area contributed by atoms with Crippen molar-refractivity contribution in [3.8, 4) is 0 Å². The highest BCUT2D eigenvalue weighted by molar-refractivity contribution is 5.81. The van der Waals surface area contributed by atoms with E-state index in [-0.39, 0.29) is 17.7 Å². The number of hydrogen-bond acceptors (Lipinski definition) is 2. The van der Waals surface area contributed by atoms with Crippen LogP contribution in [0.1, 0.15) is 45.4 Å². The summed E-state index contributed by atoms with van der Waals surface area (Å²) in [6.45, 7) is 3.95. The molecule has 0 aromatic heterocycles. The maximum Gasteiger partial charge on any atom is 0.306 e. The Hall–Kier alpha value is -1.06. The fourth-order valence-corrected chi connectivity index (χ4v) is 3.17. The number of nitrogens with zero attached hydrogens (tertiary/aromatic N) is 1. The average molecular weight is 253 g/mol. The number of carbonyl (C=O) groups excluding carboxylic acids is 1. The van der Waals surface area contributed by atoms with Crippen LogP contribution in [0.15, 0.2) is 0 Å². The first kappa shape index (κ1) is 13.4. The molecule has 4 nitrogen and oxygen atoms in total. The highest BCUT2D eigenvalue weighted by Gasteiger charge is 2.36. The highest BCUT2D eigenvalue weighted by atomic mass is 16.4. The number of carbonyl (C=O) groups is 2. The second kappa shape index (κ2) is 5.72. The van der Waals surface area contributed by atoms with E-state index in [1.165, 1.54) is 6.42 Å². The van der Waals surface area contributed by atoms with E-state index in [9.17, 15) is 9.59 Å².